The van der Waals surface area contributed by atoms with Crippen LogP contribution in [0.4, 0.5) is 0 Å². The maximum atomic E-state index is 5.50. The van der Waals surface area contributed by atoms with Crippen molar-refractivity contribution in [2.45, 2.75) is 6.54 Å². The van der Waals surface area contributed by atoms with Crippen molar-refractivity contribution in [1.29, 1.82) is 0 Å². The molecule has 0 atom stereocenters. The molecule has 0 spiro atoms. The maximum Gasteiger partial charge on any atom is 0.258 e. The second-order valence-electron chi connectivity index (χ2n) is 5.57. The van der Waals surface area contributed by atoms with E-state index in [2.05, 4.69) is 38.6 Å². The summed E-state index contributed by atoms with van der Waals surface area (Å²) in [6, 6.07) is 14.4. The van der Waals surface area contributed by atoms with Crippen LogP contribution in [0.1, 0.15) is 5.82 Å². The number of rotatable bonds is 3. The molecule has 1 aliphatic rings. The van der Waals surface area contributed by atoms with Gasteiger partial charge in [-0.3, -0.25) is 4.90 Å². The molecule has 3 aromatic rings. The number of benzene rings is 2. The van der Waals surface area contributed by atoms with Gasteiger partial charge >= 0.3 is 0 Å². The van der Waals surface area contributed by atoms with Gasteiger partial charge in [0, 0.05) is 31.7 Å². The number of hydrogen-bond acceptors (Lipinski definition) is 5. The van der Waals surface area contributed by atoms with Gasteiger partial charge in [0.15, 0.2) is 5.82 Å². The van der Waals surface area contributed by atoms with E-state index in [0.717, 1.165) is 49.5 Å². The van der Waals surface area contributed by atoms with E-state index >= 15 is 0 Å². The number of nitrogens with one attached hydrogen (secondary N) is 1. The zero-order valence-corrected chi connectivity index (χ0v) is 12.3. The number of piperazine rings is 1. The SMILES string of the molecule is c1ccc2c(-c3nc(CN4CCNCC4)no3)cccc2c1. The molecule has 0 aliphatic carbocycles. The maximum absolute atomic E-state index is 5.50. The first kappa shape index (κ1) is 13.4. The van der Waals surface area contributed by atoms with Crippen molar-refractivity contribution in [2.75, 3.05) is 26.2 Å². The summed E-state index contributed by atoms with van der Waals surface area (Å²) < 4.78 is 5.50. The summed E-state index contributed by atoms with van der Waals surface area (Å²) in [5.74, 6) is 1.35. The summed E-state index contributed by atoms with van der Waals surface area (Å²) in [4.78, 5) is 6.93. The van der Waals surface area contributed by atoms with Gasteiger partial charge < -0.3 is 9.84 Å². The Morgan fingerprint density at radius 2 is 1.86 bits per heavy atom. The molecule has 1 fully saturated rings. The second-order valence-corrected chi connectivity index (χ2v) is 5.57. The highest BCUT2D eigenvalue weighted by Crippen LogP contribution is 2.27. The van der Waals surface area contributed by atoms with Crippen molar-refractivity contribution >= 4 is 10.8 Å². The molecule has 1 aromatic heterocycles. The molecule has 5 heteroatoms. The average molecular weight is 294 g/mol. The quantitative estimate of drug-likeness (QED) is 0.803. The van der Waals surface area contributed by atoms with Gasteiger partial charge in [-0.1, -0.05) is 41.6 Å². The Hall–Kier alpha value is -2.24. The van der Waals surface area contributed by atoms with E-state index in [1.165, 1.54) is 5.39 Å². The standard InChI is InChI=1S/C17H18N4O/c1-2-6-14-13(4-1)5-3-7-15(14)17-19-16(20-22-17)12-21-10-8-18-9-11-21/h1-7,18H,8-12H2. The third-order valence-electron chi connectivity index (χ3n) is 4.06. The van der Waals surface area contributed by atoms with E-state index in [1.54, 1.807) is 0 Å². The monoisotopic (exact) mass is 294 g/mol. The van der Waals surface area contributed by atoms with Crippen LogP contribution in [0, 0.1) is 0 Å². The first-order valence-electron chi connectivity index (χ1n) is 7.64. The summed E-state index contributed by atoms with van der Waals surface area (Å²) in [6.45, 7) is 4.84. The minimum absolute atomic E-state index is 0.599. The van der Waals surface area contributed by atoms with Gasteiger partial charge in [-0.15, -0.1) is 0 Å². The second kappa shape index (κ2) is 5.87. The largest absolute Gasteiger partial charge is 0.334 e. The Morgan fingerprint density at radius 1 is 1.05 bits per heavy atom. The summed E-state index contributed by atoms with van der Waals surface area (Å²) in [7, 11) is 0. The van der Waals surface area contributed by atoms with Crippen LogP contribution in [0.2, 0.25) is 0 Å². The third-order valence-corrected chi connectivity index (χ3v) is 4.06. The van der Waals surface area contributed by atoms with Crippen LogP contribution in [-0.2, 0) is 6.54 Å². The molecular weight excluding hydrogens is 276 g/mol. The van der Waals surface area contributed by atoms with Gasteiger partial charge in [-0.05, 0) is 16.8 Å². The molecule has 0 unspecified atom stereocenters. The van der Waals surface area contributed by atoms with Crippen LogP contribution in [0.25, 0.3) is 22.2 Å². The van der Waals surface area contributed by atoms with Gasteiger partial charge in [0.1, 0.15) is 0 Å². The fourth-order valence-electron chi connectivity index (χ4n) is 2.91. The summed E-state index contributed by atoms with van der Waals surface area (Å²) >= 11 is 0. The van der Waals surface area contributed by atoms with Crippen molar-refractivity contribution < 1.29 is 4.52 Å². The predicted molar refractivity (Wildman–Crippen MR) is 85.4 cm³/mol. The van der Waals surface area contributed by atoms with Crippen LogP contribution in [0.5, 0.6) is 0 Å². The Balaban J connectivity index is 1.62. The van der Waals surface area contributed by atoms with Crippen molar-refractivity contribution in [1.82, 2.24) is 20.4 Å². The smallest absolute Gasteiger partial charge is 0.258 e. The lowest BCUT2D eigenvalue weighted by Crippen LogP contribution is -2.43. The Kier molecular flexibility index (Phi) is 3.58. The Labute approximate surface area is 128 Å². The molecule has 0 bridgehead atoms. The molecule has 4 rings (SSSR count). The fraction of sp³-hybridized carbons (Fsp3) is 0.294. The first-order valence-corrected chi connectivity index (χ1v) is 7.64. The van der Waals surface area contributed by atoms with Crippen molar-refractivity contribution in [3.05, 3.63) is 48.3 Å². The van der Waals surface area contributed by atoms with Crippen LogP contribution < -0.4 is 5.32 Å². The van der Waals surface area contributed by atoms with Gasteiger partial charge in [-0.2, -0.15) is 4.98 Å². The highest BCUT2D eigenvalue weighted by molar-refractivity contribution is 5.94. The van der Waals surface area contributed by atoms with E-state index in [-0.39, 0.29) is 0 Å². The van der Waals surface area contributed by atoms with E-state index in [1.807, 2.05) is 24.3 Å². The van der Waals surface area contributed by atoms with E-state index in [4.69, 9.17) is 4.52 Å². The van der Waals surface area contributed by atoms with E-state index in [9.17, 15) is 0 Å². The van der Waals surface area contributed by atoms with Crippen molar-refractivity contribution in [3.63, 3.8) is 0 Å². The molecule has 2 aromatic carbocycles. The number of nitrogens with zero attached hydrogens (tertiary/aromatic N) is 3. The molecule has 1 aliphatic heterocycles. The molecule has 112 valence electrons. The van der Waals surface area contributed by atoms with Crippen molar-refractivity contribution in [2.24, 2.45) is 0 Å². The number of fused-ring (bicyclic) bond motifs is 1. The zero-order chi connectivity index (χ0) is 14.8. The lowest BCUT2D eigenvalue weighted by molar-refractivity contribution is 0.225. The molecule has 0 radical (unpaired) electrons. The summed E-state index contributed by atoms with van der Waals surface area (Å²) in [5.41, 5.74) is 0.997. The number of hydrogen-bond donors (Lipinski definition) is 1. The van der Waals surface area contributed by atoms with Crippen LogP contribution in [0.3, 0.4) is 0 Å². The lowest BCUT2D eigenvalue weighted by atomic mass is 10.0. The molecular formula is C17H18N4O. The number of aromatic nitrogens is 2. The van der Waals surface area contributed by atoms with Gasteiger partial charge in [-0.25, -0.2) is 0 Å². The molecule has 1 saturated heterocycles. The molecule has 1 N–H and O–H groups in total. The fourth-order valence-corrected chi connectivity index (χ4v) is 2.91. The molecule has 0 saturated carbocycles. The topological polar surface area (TPSA) is 54.2 Å². The van der Waals surface area contributed by atoms with Crippen molar-refractivity contribution in [3.8, 4) is 11.5 Å². The van der Waals surface area contributed by atoms with Crippen LogP contribution in [0.15, 0.2) is 47.0 Å². The Bertz CT molecular complexity index is 772. The molecule has 0 amide bonds. The van der Waals surface area contributed by atoms with Crippen LogP contribution >= 0.6 is 0 Å². The summed E-state index contributed by atoms with van der Waals surface area (Å²) in [6.07, 6.45) is 0. The third kappa shape index (κ3) is 2.61. The minimum Gasteiger partial charge on any atom is -0.334 e. The molecule has 5 nitrogen and oxygen atoms in total. The lowest BCUT2D eigenvalue weighted by Gasteiger charge is -2.25. The van der Waals surface area contributed by atoms with Crippen LogP contribution in [-0.4, -0.2) is 41.2 Å². The zero-order valence-electron chi connectivity index (χ0n) is 12.3. The normalized spacial score (nSPS) is 16.2. The minimum atomic E-state index is 0.599. The predicted octanol–water partition coefficient (Wildman–Crippen LogP) is 2.29. The average Bonchev–Trinajstić information content (AvgIpc) is 3.03. The van der Waals surface area contributed by atoms with E-state index in [0.29, 0.717) is 5.89 Å². The summed E-state index contributed by atoms with van der Waals surface area (Å²) in [5, 5.41) is 9.81. The van der Waals surface area contributed by atoms with Gasteiger partial charge in [0.05, 0.1) is 6.54 Å². The van der Waals surface area contributed by atoms with E-state index < -0.39 is 0 Å². The molecule has 22 heavy (non-hydrogen) atoms. The van der Waals surface area contributed by atoms with Gasteiger partial charge in [0.2, 0.25) is 0 Å². The highest BCUT2D eigenvalue weighted by atomic mass is 16.5. The molecule has 2 heterocycles. The highest BCUT2D eigenvalue weighted by Gasteiger charge is 2.15. The first-order chi connectivity index (χ1) is 10.9. The Morgan fingerprint density at radius 3 is 2.77 bits per heavy atom. The van der Waals surface area contributed by atoms with Gasteiger partial charge in [0.25, 0.3) is 5.89 Å².